The zero-order chi connectivity index (χ0) is 22.2. The highest BCUT2D eigenvalue weighted by atomic mass is 16.4. The lowest BCUT2D eigenvalue weighted by atomic mass is 9.42. The van der Waals surface area contributed by atoms with Crippen molar-refractivity contribution in [2.24, 2.45) is 62.8 Å². The number of nitrogens with zero attached hydrogens (tertiary/aromatic N) is 1. The van der Waals surface area contributed by atoms with Crippen LogP contribution < -0.4 is 11.5 Å². The largest absolute Gasteiger partial charge is 0.481 e. The average molecular weight is 432 g/mol. The minimum atomic E-state index is -0.613. The summed E-state index contributed by atoms with van der Waals surface area (Å²) in [6.45, 7) is 5.93. The molecular weight excluding hydrogens is 386 g/mol. The van der Waals surface area contributed by atoms with E-state index < -0.39 is 5.97 Å². The van der Waals surface area contributed by atoms with E-state index >= 15 is 0 Å². The van der Waals surface area contributed by atoms with Gasteiger partial charge >= 0.3 is 5.97 Å². The summed E-state index contributed by atoms with van der Waals surface area (Å²) >= 11 is 0. The van der Waals surface area contributed by atoms with Gasteiger partial charge in [0.25, 0.3) is 0 Å². The molecule has 0 amide bonds. The van der Waals surface area contributed by atoms with E-state index in [1.807, 2.05) is 0 Å². The Bertz CT molecular complexity index is 690. The van der Waals surface area contributed by atoms with Crippen LogP contribution in [0.15, 0.2) is 4.99 Å². The van der Waals surface area contributed by atoms with Gasteiger partial charge in [0.15, 0.2) is 5.96 Å². The number of carboxylic acids is 1. The molecule has 4 fully saturated rings. The molecule has 0 radical (unpaired) electrons. The third kappa shape index (κ3) is 4.48. The Morgan fingerprint density at radius 3 is 2.58 bits per heavy atom. The number of unbranched alkanes of at least 4 members (excludes halogenated alkanes) is 1. The van der Waals surface area contributed by atoms with E-state index in [1.165, 1.54) is 57.8 Å². The molecule has 4 rings (SSSR count). The molecule has 4 aliphatic carbocycles. The van der Waals surface area contributed by atoms with Gasteiger partial charge in [-0.05, 0) is 104 Å². The van der Waals surface area contributed by atoms with Crippen LogP contribution in [0.3, 0.4) is 0 Å². The average Bonchev–Trinajstić information content (AvgIpc) is 3.09. The van der Waals surface area contributed by atoms with Crippen LogP contribution in [0.5, 0.6) is 0 Å². The van der Waals surface area contributed by atoms with Gasteiger partial charge in [-0.2, -0.15) is 0 Å². The summed E-state index contributed by atoms with van der Waals surface area (Å²) in [5.74, 6) is 4.11. The summed E-state index contributed by atoms with van der Waals surface area (Å²) in [5.41, 5.74) is 12.0. The highest BCUT2D eigenvalue weighted by Gasteiger charge is 2.60. The van der Waals surface area contributed by atoms with Crippen LogP contribution in [0.4, 0.5) is 0 Å². The van der Waals surface area contributed by atoms with Crippen LogP contribution in [-0.4, -0.2) is 23.6 Å². The Morgan fingerprint density at radius 2 is 1.84 bits per heavy atom. The van der Waals surface area contributed by atoms with Crippen molar-refractivity contribution in [1.29, 1.82) is 0 Å². The van der Waals surface area contributed by atoms with Gasteiger partial charge in [0, 0.05) is 13.0 Å². The monoisotopic (exact) mass is 431 g/mol. The number of rotatable bonds is 7. The molecule has 4 aliphatic rings. The SMILES string of the molecule is C[C@@]12CCC[C@H]1[C@@H]1[C@@H](CCCCN=C(N)N)C[C@H]3C[C@@H](CC(=O)O)CC[C@]3(C)[C@H]1CC2. The second-order valence-electron chi connectivity index (χ2n) is 12.1. The van der Waals surface area contributed by atoms with E-state index in [4.69, 9.17) is 11.5 Å². The maximum atomic E-state index is 11.4. The van der Waals surface area contributed by atoms with Crippen LogP contribution in [0.2, 0.25) is 0 Å². The van der Waals surface area contributed by atoms with Gasteiger partial charge in [0.1, 0.15) is 0 Å². The normalized spacial score (nSPS) is 44.1. The lowest BCUT2D eigenvalue weighted by molar-refractivity contribution is -0.148. The van der Waals surface area contributed by atoms with Crippen molar-refractivity contribution < 1.29 is 9.90 Å². The minimum Gasteiger partial charge on any atom is -0.481 e. The Hall–Kier alpha value is -1.26. The Kier molecular flexibility index (Phi) is 6.61. The van der Waals surface area contributed by atoms with Crippen LogP contribution in [0, 0.1) is 46.3 Å². The number of aliphatic carboxylic acids is 1. The predicted molar refractivity (Wildman–Crippen MR) is 125 cm³/mol. The fourth-order valence-electron chi connectivity index (χ4n) is 8.97. The molecule has 0 spiro atoms. The van der Waals surface area contributed by atoms with Crippen molar-refractivity contribution in [3.05, 3.63) is 0 Å². The van der Waals surface area contributed by atoms with Crippen molar-refractivity contribution in [1.82, 2.24) is 0 Å². The first kappa shape index (κ1) is 22.9. The first-order valence-electron chi connectivity index (χ1n) is 13.0. The summed E-state index contributed by atoms with van der Waals surface area (Å²) in [6.07, 6.45) is 15.9. The van der Waals surface area contributed by atoms with E-state index in [-0.39, 0.29) is 5.96 Å². The predicted octanol–water partition coefficient (Wildman–Crippen LogP) is 5.18. The molecule has 5 N–H and O–H groups in total. The topological polar surface area (TPSA) is 102 Å². The summed E-state index contributed by atoms with van der Waals surface area (Å²) < 4.78 is 0. The van der Waals surface area contributed by atoms with Crippen LogP contribution in [0.1, 0.15) is 97.3 Å². The molecule has 31 heavy (non-hydrogen) atoms. The molecule has 0 aromatic rings. The second-order valence-corrected chi connectivity index (χ2v) is 12.1. The smallest absolute Gasteiger partial charge is 0.303 e. The minimum absolute atomic E-state index is 0.203. The Labute approximate surface area is 188 Å². The molecule has 0 aromatic heterocycles. The lowest BCUT2D eigenvalue weighted by Gasteiger charge is -2.63. The summed E-state index contributed by atoms with van der Waals surface area (Å²) in [4.78, 5) is 15.6. The molecule has 0 aliphatic heterocycles. The zero-order valence-corrected chi connectivity index (χ0v) is 19.8. The maximum absolute atomic E-state index is 11.4. The number of nitrogens with two attached hydrogens (primary N) is 2. The maximum Gasteiger partial charge on any atom is 0.303 e. The summed E-state index contributed by atoms with van der Waals surface area (Å²) in [7, 11) is 0. The molecule has 176 valence electrons. The molecule has 0 aromatic carbocycles. The first-order chi connectivity index (χ1) is 14.7. The molecule has 0 saturated heterocycles. The van der Waals surface area contributed by atoms with Crippen molar-refractivity contribution >= 4 is 11.9 Å². The number of fused-ring (bicyclic) bond motifs is 5. The van der Waals surface area contributed by atoms with Gasteiger partial charge in [-0.3, -0.25) is 9.79 Å². The second kappa shape index (κ2) is 8.94. The number of hydrogen-bond acceptors (Lipinski definition) is 2. The van der Waals surface area contributed by atoms with Gasteiger partial charge in [-0.25, -0.2) is 0 Å². The van der Waals surface area contributed by atoms with E-state index in [0.29, 0.717) is 29.1 Å². The van der Waals surface area contributed by atoms with Crippen LogP contribution >= 0.6 is 0 Å². The molecule has 8 atom stereocenters. The fraction of sp³-hybridized carbons (Fsp3) is 0.923. The van der Waals surface area contributed by atoms with Gasteiger partial charge < -0.3 is 16.6 Å². The number of guanidine groups is 1. The van der Waals surface area contributed by atoms with E-state index in [9.17, 15) is 9.90 Å². The number of carbonyl (C=O) groups is 1. The molecule has 0 heterocycles. The van der Waals surface area contributed by atoms with Crippen LogP contribution in [-0.2, 0) is 4.79 Å². The number of aliphatic imine (C=N–C) groups is 1. The first-order valence-corrected chi connectivity index (χ1v) is 13.0. The standard InChI is InChI=1S/C26H45N3O2/c1-25-10-5-7-20(25)23-18(6-3-4-13-29-24(27)28)16-19-14-17(15-22(30)31)8-12-26(19,2)21(23)9-11-25/h17-21,23H,3-16H2,1-2H3,(H,30,31)(H4,27,28,29)/t17-,18-,19+,20-,21-,23-,25-,26-/m0/s1. The Morgan fingerprint density at radius 1 is 1.03 bits per heavy atom. The van der Waals surface area contributed by atoms with E-state index in [1.54, 1.807) is 0 Å². The highest BCUT2D eigenvalue weighted by Crippen LogP contribution is 2.68. The third-order valence-electron chi connectivity index (χ3n) is 10.5. The fourth-order valence-corrected chi connectivity index (χ4v) is 8.97. The number of carboxylic acid groups (broad SMARTS) is 1. The summed E-state index contributed by atoms with van der Waals surface area (Å²) in [5, 5.41) is 9.37. The molecule has 4 saturated carbocycles. The Balaban J connectivity index is 1.52. The molecule has 5 heteroatoms. The molecule has 5 nitrogen and oxygen atoms in total. The molecular formula is C26H45N3O2. The van der Waals surface area contributed by atoms with E-state index in [0.717, 1.165) is 49.5 Å². The zero-order valence-electron chi connectivity index (χ0n) is 19.8. The summed E-state index contributed by atoms with van der Waals surface area (Å²) in [6, 6.07) is 0. The van der Waals surface area contributed by atoms with Crippen LogP contribution in [0.25, 0.3) is 0 Å². The van der Waals surface area contributed by atoms with Crippen molar-refractivity contribution in [2.45, 2.75) is 97.3 Å². The molecule has 0 bridgehead atoms. The van der Waals surface area contributed by atoms with Crippen molar-refractivity contribution in [2.75, 3.05) is 6.54 Å². The van der Waals surface area contributed by atoms with E-state index in [2.05, 4.69) is 18.8 Å². The van der Waals surface area contributed by atoms with Gasteiger partial charge in [0.05, 0.1) is 0 Å². The van der Waals surface area contributed by atoms with Crippen molar-refractivity contribution in [3.8, 4) is 0 Å². The third-order valence-corrected chi connectivity index (χ3v) is 10.5. The molecule has 0 unspecified atom stereocenters. The highest BCUT2D eigenvalue weighted by molar-refractivity contribution is 5.75. The number of hydrogen-bond donors (Lipinski definition) is 3. The van der Waals surface area contributed by atoms with Crippen molar-refractivity contribution in [3.63, 3.8) is 0 Å². The van der Waals surface area contributed by atoms with Gasteiger partial charge in [0.2, 0.25) is 0 Å². The lowest BCUT2D eigenvalue weighted by Crippen LogP contribution is -2.55. The van der Waals surface area contributed by atoms with Gasteiger partial charge in [-0.1, -0.05) is 33.1 Å². The quantitative estimate of drug-likeness (QED) is 0.294. The van der Waals surface area contributed by atoms with Gasteiger partial charge in [-0.15, -0.1) is 0 Å².